The summed E-state index contributed by atoms with van der Waals surface area (Å²) in [5.41, 5.74) is 0. The van der Waals surface area contributed by atoms with Crippen molar-refractivity contribution >= 4 is 23.8 Å². The van der Waals surface area contributed by atoms with E-state index in [-0.39, 0.29) is 29.7 Å². The molecule has 0 heterocycles. The molecule has 0 aromatic carbocycles. The van der Waals surface area contributed by atoms with Crippen LogP contribution in [0.3, 0.4) is 0 Å². The first-order valence-corrected chi connectivity index (χ1v) is 0. The molecule has 40 valence electrons. The third kappa shape index (κ3) is 66.2. The maximum Gasteiger partial charge on any atom is 0.107 e. The van der Waals surface area contributed by atoms with Crippen LogP contribution < -0.4 is 0 Å². The van der Waals surface area contributed by atoms with Gasteiger partial charge in [0.1, 0.15) is 0.594 Å². The molecule has 0 N–H and O–H groups in total. The summed E-state index contributed by atoms with van der Waals surface area (Å²) < 4.78 is 5.72. The molecule has 0 saturated carbocycles. The number of halogens is 1. The average molecular weight is 193 g/mol. The maximum atomic E-state index is 5.72. The lowest BCUT2D eigenvalue weighted by Crippen LogP contribution is 0.143. The molecule has 0 nitrogen and oxygen atoms in total. The van der Waals surface area contributed by atoms with Crippen molar-refractivity contribution in [2.75, 3.05) is 0 Å². The Balaban J connectivity index is -0.000000000833. The molecule has 0 saturated heterocycles. The predicted octanol–water partition coefficient (Wildman–Crippen LogP) is 3.16. The fourth-order valence-corrected chi connectivity index (χ4v) is 0. The summed E-state index contributed by atoms with van der Waals surface area (Å²) in [6, 6.07) is 0. The molecule has 0 aliphatic heterocycles. The molecule has 0 radical (unpaired) electrons. The first-order chi connectivity index (χ1) is 1.00. The molecule has 0 amide bonds. The summed E-state index contributed by atoms with van der Waals surface area (Å²) in [6.45, 7) is 0. The van der Waals surface area contributed by atoms with Crippen LogP contribution in [0.25, 0.3) is 0 Å². The van der Waals surface area contributed by atoms with Crippen LogP contribution in [0.1, 0.15) is 29.7 Å². The van der Waals surface area contributed by atoms with E-state index >= 15 is 0 Å². The Labute approximate surface area is 54.4 Å². The van der Waals surface area contributed by atoms with Crippen molar-refractivity contribution in [3.8, 4) is 0 Å². The Morgan fingerprint density at radius 1 is 0.800 bits per heavy atom. The molecular formula is C4H17I. The Kier molecular flexibility index (Phi) is 1060. The quantitative estimate of drug-likeness (QED) is 0.518. The van der Waals surface area contributed by atoms with Crippen LogP contribution in [-0.4, -0.2) is 0.594 Å². The smallest absolute Gasteiger partial charge is 0.107 e. The van der Waals surface area contributed by atoms with E-state index < -0.39 is 0 Å². The third-order valence-corrected chi connectivity index (χ3v) is 0. The number of hydrogen-bond acceptors (Lipinski definition) is 0. The van der Waals surface area contributed by atoms with Crippen molar-refractivity contribution in [1.29, 1.82) is 0.594 Å². The largest absolute Gasteiger partial charge is 0.107 e. The fourth-order valence-electron chi connectivity index (χ4n) is 0. The zero-order valence-corrected chi connectivity index (χ0v) is 2.54. The van der Waals surface area contributed by atoms with Gasteiger partial charge in [-0.05, 0) is 0 Å². The van der Waals surface area contributed by atoms with Crippen LogP contribution in [0, 0.1) is 0 Å². The summed E-state index contributed by atoms with van der Waals surface area (Å²) in [6.07, 6.45) is 0. The topological polar surface area (TPSA) is 0 Å². The molecule has 0 aliphatic rings. The molecule has 5 heavy (non-hydrogen) atoms. The molecule has 0 spiro atoms. The van der Waals surface area contributed by atoms with Crippen molar-refractivity contribution in [2.45, 2.75) is 29.7 Å². The van der Waals surface area contributed by atoms with E-state index in [9.17, 15) is 0 Å². The zero-order chi connectivity index (χ0) is 2.00. The summed E-state index contributed by atoms with van der Waals surface area (Å²) in [4.78, 5) is 0. The molecular weight excluding hydrogens is 175 g/mol. The Morgan fingerprint density at radius 3 is 0.800 bits per heavy atom. The standard InChI is InChI=1S/4CH4.HI/h4*1H4;1H/i/hD. The molecule has 0 atom stereocenters. The van der Waals surface area contributed by atoms with Crippen LogP contribution in [-0.2, 0) is 0 Å². The summed E-state index contributed by atoms with van der Waals surface area (Å²) in [5.74, 6) is 0. The minimum atomic E-state index is 0. The van der Waals surface area contributed by atoms with Gasteiger partial charge in [-0.3, -0.25) is 0 Å². The average Bonchev–Trinajstić information content (AvgIpc) is 1.00. The highest BCUT2D eigenvalue weighted by molar-refractivity contribution is 14.0. The van der Waals surface area contributed by atoms with Crippen molar-refractivity contribution in [1.82, 2.24) is 0 Å². The summed E-state index contributed by atoms with van der Waals surface area (Å²) in [5, 5.41) is 0. The maximum absolute atomic E-state index is 5.72. The van der Waals surface area contributed by atoms with Crippen molar-refractivity contribution < 1.29 is 0 Å². The SMILES string of the molecule is C.C.C.C.[2H]I. The lowest BCUT2D eigenvalue weighted by molar-refractivity contribution is 2.50. The van der Waals surface area contributed by atoms with Gasteiger partial charge in [-0.1, -0.05) is 29.7 Å². The summed E-state index contributed by atoms with van der Waals surface area (Å²) in [7, 11) is 0. The minimum Gasteiger partial charge on any atom is -0.107 e. The highest BCUT2D eigenvalue weighted by atomic mass is 127. The molecule has 1 heteroatoms. The molecule has 0 aromatic rings. The van der Waals surface area contributed by atoms with Crippen molar-refractivity contribution in [3.05, 3.63) is 0 Å². The van der Waals surface area contributed by atoms with Gasteiger partial charge in [0.25, 0.3) is 0 Å². The van der Waals surface area contributed by atoms with E-state index in [0.717, 1.165) is 0 Å². The molecule has 0 aromatic heterocycles. The Hall–Kier alpha value is 0.730. The Morgan fingerprint density at radius 2 is 0.800 bits per heavy atom. The predicted molar refractivity (Wildman–Crippen MR) is 42.3 cm³/mol. The Bertz CT molecular complexity index is 7.51. The lowest BCUT2D eigenvalue weighted by Gasteiger charge is -0.108. The van der Waals surface area contributed by atoms with E-state index in [2.05, 4.69) is 0 Å². The zero-order valence-electron chi connectivity index (χ0n) is 1.38. The van der Waals surface area contributed by atoms with Gasteiger partial charge in [-0.25, -0.2) is 0 Å². The molecule has 0 rings (SSSR count). The monoisotopic (exact) mass is 193 g/mol. The molecule has 0 fully saturated rings. The lowest BCUT2D eigenvalue weighted by atomic mass is 12.0. The third-order valence-electron chi connectivity index (χ3n) is 0. The van der Waals surface area contributed by atoms with E-state index in [0.29, 0.717) is 0 Å². The highest BCUT2D eigenvalue weighted by Crippen LogP contribution is 0.886. The van der Waals surface area contributed by atoms with Crippen LogP contribution >= 0.6 is 23.8 Å². The van der Waals surface area contributed by atoms with E-state index in [1.165, 1.54) is 23.8 Å². The van der Waals surface area contributed by atoms with Crippen LogP contribution in [0.15, 0.2) is 0 Å². The molecule has 0 bridgehead atoms. The number of rotatable bonds is 0. The van der Waals surface area contributed by atoms with Gasteiger partial charge in [0.2, 0.25) is 0 Å². The van der Waals surface area contributed by atoms with Gasteiger partial charge in [-0.15, -0.1) is 23.8 Å². The second-order valence-corrected chi connectivity index (χ2v) is 0. The number of hydrogen-bond donors (Lipinski definition) is 0. The van der Waals surface area contributed by atoms with Crippen molar-refractivity contribution in [2.24, 2.45) is 0 Å². The van der Waals surface area contributed by atoms with Gasteiger partial charge in [0.15, 0.2) is 0 Å². The highest BCUT2D eigenvalue weighted by Gasteiger charge is -0.0744. The van der Waals surface area contributed by atoms with E-state index in [1.54, 1.807) is 0 Å². The van der Waals surface area contributed by atoms with Gasteiger partial charge >= 0.3 is 0 Å². The molecule has 0 unspecified atom stereocenters. The fraction of sp³-hybridized carbons (Fsp3) is 1.00. The van der Waals surface area contributed by atoms with Crippen LogP contribution in [0.5, 0.6) is 0 Å². The normalized spacial score (nSPS) is 1.40. The van der Waals surface area contributed by atoms with Crippen LogP contribution in [0.4, 0.5) is 0 Å². The van der Waals surface area contributed by atoms with Gasteiger partial charge in [0.05, 0.1) is 0 Å². The van der Waals surface area contributed by atoms with Gasteiger partial charge in [-0.2, -0.15) is 0 Å². The van der Waals surface area contributed by atoms with E-state index in [1.807, 2.05) is 0 Å². The second-order valence-electron chi connectivity index (χ2n) is 0. The minimum absolute atomic E-state index is 0. The first kappa shape index (κ1) is 42.8. The molecule has 0 aliphatic carbocycles. The second kappa shape index (κ2) is 123. The van der Waals surface area contributed by atoms with Crippen LogP contribution in [0.2, 0.25) is 0 Å². The van der Waals surface area contributed by atoms with Crippen molar-refractivity contribution in [3.63, 3.8) is 0 Å². The summed E-state index contributed by atoms with van der Waals surface area (Å²) >= 11 is 1.40. The van der Waals surface area contributed by atoms with E-state index in [4.69, 9.17) is 0.594 Å². The van der Waals surface area contributed by atoms with Gasteiger partial charge in [0, 0.05) is 0 Å². The first-order valence-electron chi connectivity index (χ1n) is 0.378. The van der Waals surface area contributed by atoms with Gasteiger partial charge < -0.3 is 0 Å².